The highest BCUT2D eigenvalue weighted by atomic mass is 16.4. The number of amides is 3. The van der Waals surface area contributed by atoms with Crippen LogP contribution in [-0.2, 0) is 9.59 Å². The van der Waals surface area contributed by atoms with Gasteiger partial charge in [0.25, 0.3) is 0 Å². The molecule has 1 aliphatic rings. The minimum absolute atomic E-state index is 0.00552. The first-order valence-corrected chi connectivity index (χ1v) is 6.06. The molecule has 0 radical (unpaired) electrons. The lowest BCUT2D eigenvalue weighted by Gasteiger charge is -2.22. The van der Waals surface area contributed by atoms with Crippen molar-refractivity contribution in [3.63, 3.8) is 0 Å². The van der Waals surface area contributed by atoms with Gasteiger partial charge in [-0.15, -0.1) is 0 Å². The van der Waals surface area contributed by atoms with Crippen LogP contribution >= 0.6 is 0 Å². The fourth-order valence-electron chi connectivity index (χ4n) is 1.84. The maximum absolute atomic E-state index is 11.8. The predicted molar refractivity (Wildman–Crippen MR) is 65.5 cm³/mol. The fraction of sp³-hybridized carbons (Fsp3) is 0.727. The number of aliphatic hydroxyl groups excluding tert-OH is 1. The largest absolute Gasteiger partial charge is 0.480 e. The summed E-state index contributed by atoms with van der Waals surface area (Å²) in [6, 6.07) is -1.70. The van der Waals surface area contributed by atoms with Crippen molar-refractivity contribution in [2.24, 2.45) is 0 Å². The summed E-state index contributed by atoms with van der Waals surface area (Å²) in [5.74, 6) is -1.42. The molecule has 0 aromatic rings. The summed E-state index contributed by atoms with van der Waals surface area (Å²) < 4.78 is 0. The highest BCUT2D eigenvalue weighted by molar-refractivity contribution is 5.87. The molecule has 1 unspecified atom stereocenters. The zero-order valence-corrected chi connectivity index (χ0v) is 11.0. The highest BCUT2D eigenvalue weighted by Crippen LogP contribution is 2.17. The molecule has 0 aromatic heterocycles. The van der Waals surface area contributed by atoms with Crippen LogP contribution in [0.4, 0.5) is 4.79 Å². The van der Waals surface area contributed by atoms with Gasteiger partial charge in [-0.1, -0.05) is 0 Å². The van der Waals surface area contributed by atoms with Crippen molar-refractivity contribution < 1.29 is 24.6 Å². The van der Waals surface area contributed by atoms with Crippen LogP contribution in [0.5, 0.6) is 0 Å². The van der Waals surface area contributed by atoms with Crippen LogP contribution < -0.4 is 5.32 Å². The van der Waals surface area contributed by atoms with E-state index in [2.05, 4.69) is 5.32 Å². The Balaban J connectivity index is 2.53. The Morgan fingerprint density at radius 2 is 2.05 bits per heavy atom. The van der Waals surface area contributed by atoms with E-state index in [1.807, 2.05) is 0 Å². The molecular formula is C11H19N3O5. The van der Waals surface area contributed by atoms with E-state index in [1.165, 1.54) is 4.90 Å². The number of rotatable bonds is 4. The molecule has 0 spiro atoms. The molecule has 3 amide bonds. The Bertz CT molecular complexity index is 373. The first kappa shape index (κ1) is 15.2. The van der Waals surface area contributed by atoms with Gasteiger partial charge in [0.15, 0.2) is 0 Å². The third kappa shape index (κ3) is 3.82. The van der Waals surface area contributed by atoms with Crippen molar-refractivity contribution in [3.05, 3.63) is 0 Å². The molecular weight excluding hydrogens is 254 g/mol. The molecule has 8 nitrogen and oxygen atoms in total. The van der Waals surface area contributed by atoms with Gasteiger partial charge in [-0.2, -0.15) is 0 Å². The number of β-amino-alcohol motifs (C(OH)–C–C–N with tert-alkyl or cyclic N) is 1. The number of carbonyl (C=O) groups excluding carboxylic acids is 2. The molecule has 0 bridgehead atoms. The van der Waals surface area contributed by atoms with E-state index >= 15 is 0 Å². The number of aliphatic carboxylic acids is 1. The van der Waals surface area contributed by atoms with Gasteiger partial charge in [-0.05, 0) is 6.92 Å². The van der Waals surface area contributed by atoms with Gasteiger partial charge in [0.2, 0.25) is 5.91 Å². The van der Waals surface area contributed by atoms with E-state index in [0.29, 0.717) is 6.54 Å². The molecule has 19 heavy (non-hydrogen) atoms. The molecule has 1 heterocycles. The minimum Gasteiger partial charge on any atom is -0.480 e. The second kappa shape index (κ2) is 6.37. The number of carboxylic acids is 1. The second-order valence-corrected chi connectivity index (χ2v) is 4.46. The Kier molecular flexibility index (Phi) is 5.11. The number of likely N-dealkylation sites (N-methyl/N-ethyl adjacent to an activating group) is 1. The quantitative estimate of drug-likeness (QED) is 0.589. The van der Waals surface area contributed by atoms with Crippen molar-refractivity contribution in [1.29, 1.82) is 0 Å². The lowest BCUT2D eigenvalue weighted by atomic mass is 10.2. The number of nitrogens with zero attached hydrogens (tertiary/aromatic N) is 2. The number of hydrogen-bond donors (Lipinski definition) is 3. The Labute approximate surface area is 111 Å². The van der Waals surface area contributed by atoms with Gasteiger partial charge in [0, 0.05) is 26.6 Å². The molecule has 1 rings (SSSR count). The Hall–Kier alpha value is -1.83. The summed E-state index contributed by atoms with van der Waals surface area (Å²) >= 11 is 0. The second-order valence-electron chi connectivity index (χ2n) is 4.46. The van der Waals surface area contributed by atoms with E-state index in [4.69, 9.17) is 5.11 Å². The molecule has 0 saturated carbocycles. The van der Waals surface area contributed by atoms with Gasteiger partial charge < -0.3 is 25.3 Å². The van der Waals surface area contributed by atoms with Gasteiger partial charge >= 0.3 is 12.0 Å². The van der Waals surface area contributed by atoms with E-state index < -0.39 is 24.1 Å². The smallest absolute Gasteiger partial charge is 0.326 e. The van der Waals surface area contributed by atoms with E-state index in [-0.39, 0.29) is 25.4 Å². The number of urea groups is 1. The molecule has 0 aliphatic carbocycles. The number of hydrogen-bond acceptors (Lipinski definition) is 4. The molecule has 8 heteroatoms. The van der Waals surface area contributed by atoms with Crippen LogP contribution in [0.3, 0.4) is 0 Å². The molecule has 3 N–H and O–H groups in total. The van der Waals surface area contributed by atoms with E-state index in [0.717, 1.165) is 4.90 Å². The first-order valence-electron chi connectivity index (χ1n) is 6.06. The van der Waals surface area contributed by atoms with Crippen molar-refractivity contribution in [2.75, 3.05) is 26.7 Å². The van der Waals surface area contributed by atoms with Crippen LogP contribution in [0.15, 0.2) is 0 Å². The molecule has 2 atom stereocenters. The molecule has 1 fully saturated rings. The summed E-state index contributed by atoms with van der Waals surface area (Å²) in [7, 11) is 1.61. The average molecular weight is 273 g/mol. The maximum Gasteiger partial charge on any atom is 0.326 e. The highest BCUT2D eigenvalue weighted by Gasteiger charge is 2.38. The lowest BCUT2D eigenvalue weighted by Crippen LogP contribution is -2.48. The van der Waals surface area contributed by atoms with E-state index in [9.17, 15) is 19.5 Å². The van der Waals surface area contributed by atoms with Crippen molar-refractivity contribution >= 4 is 17.9 Å². The van der Waals surface area contributed by atoms with Crippen LogP contribution in [0, 0.1) is 0 Å². The predicted octanol–water partition coefficient (Wildman–Crippen LogP) is -1.31. The standard InChI is InChI=1S/C11H19N3O5/c1-3-13(2)9(16)5-12-11(19)14-6-7(15)4-8(14)10(17)18/h7-8,15H,3-6H2,1-2H3,(H,12,19)(H,17,18)/t7?,8-/m0/s1. The maximum atomic E-state index is 11.8. The van der Waals surface area contributed by atoms with Crippen LogP contribution in [-0.4, -0.2) is 76.7 Å². The molecule has 1 saturated heterocycles. The van der Waals surface area contributed by atoms with Crippen molar-refractivity contribution in [3.8, 4) is 0 Å². The Morgan fingerprint density at radius 1 is 1.42 bits per heavy atom. The zero-order valence-electron chi connectivity index (χ0n) is 11.0. The summed E-state index contributed by atoms with van der Waals surface area (Å²) in [6.45, 7) is 2.09. The number of carboxylic acid groups (broad SMARTS) is 1. The third-order valence-corrected chi connectivity index (χ3v) is 3.12. The minimum atomic E-state index is -1.16. The first-order chi connectivity index (χ1) is 8.86. The third-order valence-electron chi connectivity index (χ3n) is 3.12. The Morgan fingerprint density at radius 3 is 2.58 bits per heavy atom. The van der Waals surface area contributed by atoms with E-state index in [1.54, 1.807) is 14.0 Å². The fourth-order valence-corrected chi connectivity index (χ4v) is 1.84. The summed E-state index contributed by atoms with van der Waals surface area (Å²) in [6.07, 6.45) is -0.841. The normalized spacial score (nSPS) is 22.2. The SMILES string of the molecule is CCN(C)C(=O)CNC(=O)N1CC(O)C[C@H]1C(=O)O. The summed E-state index contributed by atoms with van der Waals surface area (Å²) in [4.78, 5) is 36.7. The molecule has 0 aromatic carbocycles. The van der Waals surface area contributed by atoms with Gasteiger partial charge in [0.1, 0.15) is 6.04 Å². The van der Waals surface area contributed by atoms with Crippen LogP contribution in [0.25, 0.3) is 0 Å². The lowest BCUT2D eigenvalue weighted by molar-refractivity contribution is -0.141. The topological polar surface area (TPSA) is 110 Å². The van der Waals surface area contributed by atoms with Gasteiger partial charge in [-0.3, -0.25) is 4.79 Å². The van der Waals surface area contributed by atoms with Gasteiger partial charge in [-0.25, -0.2) is 9.59 Å². The van der Waals surface area contributed by atoms with Crippen LogP contribution in [0.2, 0.25) is 0 Å². The summed E-state index contributed by atoms with van der Waals surface area (Å²) in [5.41, 5.74) is 0. The summed E-state index contributed by atoms with van der Waals surface area (Å²) in [5, 5.41) is 20.7. The number of aliphatic hydroxyl groups is 1. The number of likely N-dealkylation sites (tertiary alicyclic amines) is 1. The molecule has 108 valence electrons. The molecule has 1 aliphatic heterocycles. The monoisotopic (exact) mass is 273 g/mol. The van der Waals surface area contributed by atoms with Crippen LogP contribution in [0.1, 0.15) is 13.3 Å². The van der Waals surface area contributed by atoms with Gasteiger partial charge in [0.05, 0.1) is 12.6 Å². The number of nitrogens with one attached hydrogen (secondary N) is 1. The number of carbonyl (C=O) groups is 3. The average Bonchev–Trinajstić information content (AvgIpc) is 2.76. The zero-order chi connectivity index (χ0) is 14.6. The van der Waals surface area contributed by atoms with Crippen molar-refractivity contribution in [2.45, 2.75) is 25.5 Å². The van der Waals surface area contributed by atoms with Crippen molar-refractivity contribution in [1.82, 2.24) is 15.1 Å².